The fourth-order valence-corrected chi connectivity index (χ4v) is 3.84. The topological polar surface area (TPSA) is 39.2 Å². The van der Waals surface area contributed by atoms with Gasteiger partial charge in [-0.3, -0.25) is 14.7 Å². The van der Waals surface area contributed by atoms with Gasteiger partial charge in [-0.1, -0.05) is 0 Å². The van der Waals surface area contributed by atoms with Crippen molar-refractivity contribution in [3.63, 3.8) is 0 Å². The van der Waals surface area contributed by atoms with E-state index in [1.54, 1.807) is 0 Å². The maximum absolute atomic E-state index is 10.1. The Kier molecular flexibility index (Phi) is 7.50. The van der Waals surface area contributed by atoms with E-state index in [0.29, 0.717) is 6.61 Å². The number of aliphatic hydroxyl groups is 1. The third kappa shape index (κ3) is 6.60. The first kappa shape index (κ1) is 20.1. The van der Waals surface area contributed by atoms with E-state index in [0.717, 1.165) is 44.8 Å². The Hall–Kier alpha value is -0.200. The minimum absolute atomic E-state index is 0.177. The van der Waals surface area contributed by atoms with E-state index in [4.69, 9.17) is 4.74 Å². The first-order valence-corrected chi connectivity index (χ1v) is 9.77. The van der Waals surface area contributed by atoms with Crippen LogP contribution in [0, 0.1) is 0 Å². The van der Waals surface area contributed by atoms with Crippen molar-refractivity contribution < 1.29 is 9.84 Å². The lowest BCUT2D eigenvalue weighted by atomic mass is 10.2. The second kappa shape index (κ2) is 8.95. The molecule has 0 aromatic carbocycles. The number of nitrogens with zero attached hydrogens (tertiary/aromatic N) is 3. The zero-order valence-electron chi connectivity index (χ0n) is 16.5. The molecule has 0 radical (unpaired) electrons. The summed E-state index contributed by atoms with van der Waals surface area (Å²) in [6, 6.07) is 1.50. The van der Waals surface area contributed by atoms with E-state index < -0.39 is 0 Å². The lowest BCUT2D eigenvalue weighted by molar-refractivity contribution is -0.0586. The second-order valence-corrected chi connectivity index (χ2v) is 8.73. The zero-order valence-corrected chi connectivity index (χ0v) is 16.5. The van der Waals surface area contributed by atoms with E-state index in [2.05, 4.69) is 28.5 Å². The maximum Gasteiger partial charge on any atom is 0.0900 e. The Morgan fingerprint density at radius 3 is 2.04 bits per heavy atom. The first-order chi connectivity index (χ1) is 11.2. The molecule has 2 aliphatic rings. The van der Waals surface area contributed by atoms with Gasteiger partial charge in [0.25, 0.3) is 0 Å². The summed E-state index contributed by atoms with van der Waals surface area (Å²) < 4.78 is 5.68. The SMILES string of the molecule is CC1CCC(C)N1CCN1CCN(CC(O)COC(C)(C)C)CC1. The molecule has 24 heavy (non-hydrogen) atoms. The molecule has 2 aliphatic heterocycles. The summed E-state index contributed by atoms with van der Waals surface area (Å²) >= 11 is 0. The van der Waals surface area contributed by atoms with Crippen molar-refractivity contribution in [3.05, 3.63) is 0 Å². The molecular formula is C19H39N3O2. The Balaban J connectivity index is 1.61. The molecule has 2 fully saturated rings. The third-order valence-corrected chi connectivity index (χ3v) is 5.45. The molecule has 0 aromatic rings. The lowest BCUT2D eigenvalue weighted by Gasteiger charge is -2.37. The molecule has 0 aliphatic carbocycles. The average molecular weight is 342 g/mol. The van der Waals surface area contributed by atoms with Crippen molar-refractivity contribution >= 4 is 0 Å². The molecule has 0 amide bonds. The Morgan fingerprint density at radius 1 is 0.958 bits per heavy atom. The summed E-state index contributed by atoms with van der Waals surface area (Å²) in [6.07, 6.45) is 2.31. The van der Waals surface area contributed by atoms with Gasteiger partial charge in [0, 0.05) is 57.9 Å². The van der Waals surface area contributed by atoms with Crippen LogP contribution < -0.4 is 0 Å². The van der Waals surface area contributed by atoms with Crippen molar-refractivity contribution in [2.24, 2.45) is 0 Å². The molecule has 5 nitrogen and oxygen atoms in total. The van der Waals surface area contributed by atoms with Gasteiger partial charge >= 0.3 is 0 Å². The van der Waals surface area contributed by atoms with Crippen LogP contribution in [0.15, 0.2) is 0 Å². The van der Waals surface area contributed by atoms with E-state index in [-0.39, 0.29) is 11.7 Å². The quantitative estimate of drug-likeness (QED) is 0.762. The standard InChI is InChI=1S/C19H39N3O2/c1-16-6-7-17(2)22(16)13-12-20-8-10-21(11-9-20)14-18(23)15-24-19(3,4)5/h16-18,23H,6-15H2,1-5H3. The van der Waals surface area contributed by atoms with Crippen molar-refractivity contribution in [1.29, 1.82) is 0 Å². The molecule has 3 unspecified atom stereocenters. The fourth-order valence-electron chi connectivity index (χ4n) is 3.84. The van der Waals surface area contributed by atoms with E-state index in [9.17, 15) is 5.11 Å². The predicted molar refractivity (Wildman–Crippen MR) is 99.5 cm³/mol. The normalized spacial score (nSPS) is 29.2. The lowest BCUT2D eigenvalue weighted by Crippen LogP contribution is -2.51. The fraction of sp³-hybridized carbons (Fsp3) is 1.00. The zero-order chi connectivity index (χ0) is 17.7. The number of aliphatic hydroxyl groups excluding tert-OH is 1. The number of piperazine rings is 1. The van der Waals surface area contributed by atoms with Crippen LogP contribution in [0.3, 0.4) is 0 Å². The van der Waals surface area contributed by atoms with Crippen LogP contribution in [0.25, 0.3) is 0 Å². The molecule has 1 N–H and O–H groups in total. The molecule has 3 atom stereocenters. The number of β-amino-alcohol motifs (C(OH)–C–C–N with tert-alkyl or cyclic N) is 1. The summed E-state index contributed by atoms with van der Waals surface area (Å²) in [5.74, 6) is 0. The van der Waals surface area contributed by atoms with Gasteiger partial charge in [0.1, 0.15) is 0 Å². The third-order valence-electron chi connectivity index (χ3n) is 5.45. The number of ether oxygens (including phenoxy) is 1. The molecule has 0 aromatic heterocycles. The van der Waals surface area contributed by atoms with Crippen molar-refractivity contribution in [1.82, 2.24) is 14.7 Å². The molecule has 2 rings (SSSR count). The van der Waals surface area contributed by atoms with Gasteiger partial charge in [0.2, 0.25) is 0 Å². The molecular weight excluding hydrogens is 302 g/mol. The number of likely N-dealkylation sites (tertiary alicyclic amines) is 1. The van der Waals surface area contributed by atoms with E-state index in [1.165, 1.54) is 25.9 Å². The van der Waals surface area contributed by atoms with Crippen molar-refractivity contribution in [2.75, 3.05) is 52.4 Å². The van der Waals surface area contributed by atoms with Gasteiger partial charge in [0.15, 0.2) is 0 Å². The summed E-state index contributed by atoms with van der Waals surface area (Å²) in [7, 11) is 0. The van der Waals surface area contributed by atoms with Crippen LogP contribution in [0.5, 0.6) is 0 Å². The summed E-state index contributed by atoms with van der Waals surface area (Å²) in [5.41, 5.74) is -0.177. The van der Waals surface area contributed by atoms with Gasteiger partial charge in [-0.2, -0.15) is 0 Å². The average Bonchev–Trinajstić information content (AvgIpc) is 2.83. The van der Waals surface area contributed by atoms with Crippen molar-refractivity contribution in [3.8, 4) is 0 Å². The molecule has 0 spiro atoms. The highest BCUT2D eigenvalue weighted by Crippen LogP contribution is 2.22. The highest BCUT2D eigenvalue weighted by atomic mass is 16.5. The number of hydrogen-bond acceptors (Lipinski definition) is 5. The van der Waals surface area contributed by atoms with Gasteiger partial charge < -0.3 is 9.84 Å². The second-order valence-electron chi connectivity index (χ2n) is 8.73. The van der Waals surface area contributed by atoms with Crippen LogP contribution in [-0.4, -0.2) is 96.0 Å². The Morgan fingerprint density at radius 2 is 1.50 bits per heavy atom. The minimum Gasteiger partial charge on any atom is -0.389 e. The Labute approximate surface area is 148 Å². The van der Waals surface area contributed by atoms with Crippen molar-refractivity contribution in [2.45, 2.75) is 71.2 Å². The highest BCUT2D eigenvalue weighted by molar-refractivity contribution is 4.83. The molecule has 2 saturated heterocycles. The smallest absolute Gasteiger partial charge is 0.0900 e. The van der Waals surface area contributed by atoms with Crippen LogP contribution in [0.2, 0.25) is 0 Å². The van der Waals surface area contributed by atoms with E-state index in [1.807, 2.05) is 20.8 Å². The number of rotatable bonds is 7. The molecule has 2 heterocycles. The summed E-state index contributed by atoms with van der Waals surface area (Å²) in [6.45, 7) is 18.7. The Bertz CT molecular complexity index is 354. The summed E-state index contributed by atoms with van der Waals surface area (Å²) in [4.78, 5) is 7.61. The van der Waals surface area contributed by atoms with Crippen LogP contribution in [-0.2, 0) is 4.74 Å². The van der Waals surface area contributed by atoms with Gasteiger partial charge in [-0.05, 0) is 47.5 Å². The maximum atomic E-state index is 10.1. The first-order valence-electron chi connectivity index (χ1n) is 9.77. The number of hydrogen-bond donors (Lipinski definition) is 1. The summed E-state index contributed by atoms with van der Waals surface area (Å²) in [5, 5.41) is 10.1. The van der Waals surface area contributed by atoms with Crippen LogP contribution in [0.1, 0.15) is 47.5 Å². The molecule has 142 valence electrons. The monoisotopic (exact) mass is 341 g/mol. The van der Waals surface area contributed by atoms with Gasteiger partial charge in [-0.25, -0.2) is 0 Å². The molecule has 0 saturated carbocycles. The largest absolute Gasteiger partial charge is 0.389 e. The van der Waals surface area contributed by atoms with Crippen LogP contribution in [0.4, 0.5) is 0 Å². The predicted octanol–water partition coefficient (Wildman–Crippen LogP) is 1.65. The molecule has 0 bridgehead atoms. The minimum atomic E-state index is -0.387. The highest BCUT2D eigenvalue weighted by Gasteiger charge is 2.28. The van der Waals surface area contributed by atoms with Gasteiger partial charge in [0.05, 0.1) is 18.3 Å². The van der Waals surface area contributed by atoms with E-state index >= 15 is 0 Å². The van der Waals surface area contributed by atoms with Gasteiger partial charge in [-0.15, -0.1) is 0 Å². The molecule has 5 heteroatoms. The van der Waals surface area contributed by atoms with Crippen LogP contribution >= 0.6 is 0 Å².